The number of benzene rings is 1. The van der Waals surface area contributed by atoms with E-state index >= 15 is 0 Å². The van der Waals surface area contributed by atoms with Gasteiger partial charge in [-0.1, -0.05) is 23.7 Å². The van der Waals surface area contributed by atoms with Crippen molar-refractivity contribution in [2.24, 2.45) is 10.4 Å². The highest BCUT2D eigenvalue weighted by Gasteiger charge is 2.44. The predicted octanol–water partition coefficient (Wildman–Crippen LogP) is 5.82. The molecule has 0 atom stereocenters. The molecule has 1 amide bonds. The zero-order valence-corrected chi connectivity index (χ0v) is 18.8. The Morgan fingerprint density at radius 2 is 2.03 bits per heavy atom. The molecule has 6 nitrogen and oxygen atoms in total. The van der Waals surface area contributed by atoms with Crippen molar-refractivity contribution in [3.05, 3.63) is 41.7 Å². The Balaban J connectivity index is 1.61. The Hall–Kier alpha value is -2.47. The largest absolute Gasteiger partial charge is 0.491 e. The van der Waals surface area contributed by atoms with Crippen molar-refractivity contribution >= 4 is 40.8 Å². The Bertz CT molecular complexity index is 963. The summed E-state index contributed by atoms with van der Waals surface area (Å²) in [4.78, 5) is 20.1. The number of rotatable bonds is 7. The second-order valence-corrected chi connectivity index (χ2v) is 8.94. The fourth-order valence-electron chi connectivity index (χ4n) is 2.84. The minimum atomic E-state index is -0.517. The first-order valence-corrected chi connectivity index (χ1v) is 10.4. The molecule has 158 valence electrons. The van der Waals surface area contributed by atoms with Crippen LogP contribution in [-0.2, 0) is 4.74 Å². The van der Waals surface area contributed by atoms with Crippen LogP contribution in [0.5, 0.6) is 5.75 Å². The van der Waals surface area contributed by atoms with Gasteiger partial charge >= 0.3 is 6.09 Å². The maximum absolute atomic E-state index is 11.9. The summed E-state index contributed by atoms with van der Waals surface area (Å²) in [6, 6.07) is 9.32. The summed E-state index contributed by atoms with van der Waals surface area (Å²) in [6.07, 6.45) is 3.16. The number of aromatic nitrogens is 1. The van der Waals surface area contributed by atoms with Gasteiger partial charge < -0.3 is 14.8 Å². The number of nitrogens with one attached hydrogen (secondary N) is 1. The van der Waals surface area contributed by atoms with E-state index in [0.717, 1.165) is 29.7 Å². The highest BCUT2D eigenvalue weighted by Crippen LogP contribution is 2.45. The molecule has 1 saturated carbocycles. The van der Waals surface area contributed by atoms with Crippen LogP contribution in [0.2, 0.25) is 5.15 Å². The average Bonchev–Trinajstić information content (AvgIpc) is 3.46. The van der Waals surface area contributed by atoms with E-state index in [9.17, 15) is 4.79 Å². The van der Waals surface area contributed by atoms with Crippen LogP contribution in [0.25, 0.3) is 11.1 Å². The normalized spacial score (nSPS) is 14.4. The molecule has 0 radical (unpaired) electrons. The summed E-state index contributed by atoms with van der Waals surface area (Å²) in [7, 11) is 0. The van der Waals surface area contributed by atoms with Gasteiger partial charge in [0, 0.05) is 17.5 Å². The van der Waals surface area contributed by atoms with Gasteiger partial charge in [0.25, 0.3) is 0 Å². The van der Waals surface area contributed by atoms with Gasteiger partial charge in [-0.3, -0.25) is 0 Å². The molecular formula is C22H24ClN3O3S. The minimum Gasteiger partial charge on any atom is -0.491 e. The van der Waals surface area contributed by atoms with Crippen LogP contribution >= 0.6 is 23.8 Å². The molecule has 0 saturated heterocycles. The third-order valence-electron chi connectivity index (χ3n) is 4.68. The van der Waals surface area contributed by atoms with Crippen molar-refractivity contribution < 1.29 is 14.3 Å². The number of hydrogen-bond donors (Lipinski definition) is 1. The standard InChI is InChI=1S/C22H24ClN3O3S/c1-21(2,3)29-20(27)25-12-22(8-9-22)13-28-17-10-18(19(23)24-11-17)15-4-6-16(7-5-15)26-14-30/h4-7,10-11H,8-9,12-13H2,1-3H3,(H,25,27). The molecule has 30 heavy (non-hydrogen) atoms. The third-order valence-corrected chi connectivity index (χ3v) is 5.07. The lowest BCUT2D eigenvalue weighted by atomic mass is 10.1. The molecule has 0 unspecified atom stereocenters. The molecule has 0 aliphatic heterocycles. The summed E-state index contributed by atoms with van der Waals surface area (Å²) >= 11 is 10.9. The first-order valence-electron chi connectivity index (χ1n) is 9.63. The lowest BCUT2D eigenvalue weighted by Crippen LogP contribution is -2.37. The lowest BCUT2D eigenvalue weighted by molar-refractivity contribution is 0.0509. The van der Waals surface area contributed by atoms with Crippen LogP contribution in [-0.4, -0.2) is 35.0 Å². The summed E-state index contributed by atoms with van der Waals surface area (Å²) in [5.41, 5.74) is 1.80. The summed E-state index contributed by atoms with van der Waals surface area (Å²) < 4.78 is 11.3. The van der Waals surface area contributed by atoms with Crippen molar-refractivity contribution in [3.8, 4) is 16.9 Å². The highest BCUT2D eigenvalue weighted by atomic mass is 35.5. The van der Waals surface area contributed by atoms with Gasteiger partial charge in [0.2, 0.25) is 0 Å². The molecule has 8 heteroatoms. The molecule has 1 aromatic heterocycles. The summed E-state index contributed by atoms with van der Waals surface area (Å²) in [5.74, 6) is 0.624. The minimum absolute atomic E-state index is 0.0724. The Labute approximate surface area is 186 Å². The Morgan fingerprint density at radius 3 is 2.63 bits per heavy atom. The number of carbonyl (C=O) groups is 1. The van der Waals surface area contributed by atoms with E-state index in [1.165, 1.54) is 0 Å². The quantitative estimate of drug-likeness (QED) is 0.330. The Morgan fingerprint density at radius 1 is 1.33 bits per heavy atom. The van der Waals surface area contributed by atoms with Crippen LogP contribution in [0, 0.1) is 5.41 Å². The second kappa shape index (κ2) is 9.13. The number of ether oxygens (including phenoxy) is 2. The van der Waals surface area contributed by atoms with E-state index in [1.54, 1.807) is 6.20 Å². The molecule has 1 fully saturated rings. The molecular weight excluding hydrogens is 422 g/mol. The van der Waals surface area contributed by atoms with Gasteiger partial charge in [0.1, 0.15) is 16.5 Å². The first-order chi connectivity index (χ1) is 14.2. The van der Waals surface area contributed by atoms with Gasteiger partial charge in [-0.2, -0.15) is 4.99 Å². The lowest BCUT2D eigenvalue weighted by Gasteiger charge is -2.22. The number of nitrogens with zero attached hydrogens (tertiary/aromatic N) is 2. The van der Waals surface area contributed by atoms with Crippen molar-refractivity contribution in [2.75, 3.05) is 13.2 Å². The highest BCUT2D eigenvalue weighted by molar-refractivity contribution is 7.78. The van der Waals surface area contributed by atoms with Gasteiger partial charge in [0.05, 0.1) is 23.7 Å². The van der Waals surface area contributed by atoms with E-state index in [1.807, 2.05) is 51.1 Å². The maximum Gasteiger partial charge on any atom is 0.407 e. The van der Waals surface area contributed by atoms with E-state index in [2.05, 4.69) is 32.7 Å². The first kappa shape index (κ1) is 22.2. The number of aliphatic imine (C=N–C) groups is 1. The summed E-state index contributed by atoms with van der Waals surface area (Å²) in [5, 5.41) is 5.58. The molecule has 2 aromatic rings. The number of isothiocyanates is 1. The van der Waals surface area contributed by atoms with Gasteiger partial charge in [-0.15, -0.1) is 0 Å². The maximum atomic E-state index is 11.9. The van der Waals surface area contributed by atoms with Crippen LogP contribution in [0.4, 0.5) is 10.5 Å². The van der Waals surface area contributed by atoms with Crippen LogP contribution < -0.4 is 10.1 Å². The molecule has 3 rings (SSSR count). The second-order valence-electron chi connectivity index (χ2n) is 8.40. The van der Waals surface area contributed by atoms with Crippen molar-refractivity contribution in [3.63, 3.8) is 0 Å². The topological polar surface area (TPSA) is 72.8 Å². The van der Waals surface area contributed by atoms with E-state index in [0.29, 0.717) is 24.1 Å². The SMILES string of the molecule is CC(C)(C)OC(=O)NCC1(COc2cnc(Cl)c(-c3ccc(N=C=S)cc3)c2)CC1. The fourth-order valence-corrected chi connectivity index (χ4v) is 3.16. The molecule has 1 N–H and O–H groups in total. The van der Waals surface area contributed by atoms with Crippen LogP contribution in [0.1, 0.15) is 33.6 Å². The van der Waals surface area contributed by atoms with Gasteiger partial charge in [-0.05, 0) is 69.6 Å². The number of carbonyl (C=O) groups excluding carboxylic acids is 1. The number of halogens is 1. The molecule has 1 aromatic carbocycles. The molecule has 1 heterocycles. The van der Waals surface area contributed by atoms with Gasteiger partial charge in [0.15, 0.2) is 0 Å². The Kier molecular flexibility index (Phi) is 6.76. The molecule has 0 spiro atoms. The third kappa shape index (κ3) is 6.26. The molecule has 0 bridgehead atoms. The van der Waals surface area contributed by atoms with Crippen molar-refractivity contribution in [2.45, 2.75) is 39.2 Å². The zero-order chi connectivity index (χ0) is 21.8. The number of alkyl carbamates (subject to hydrolysis) is 1. The number of amides is 1. The number of pyridine rings is 1. The molecule has 1 aliphatic rings. The number of thiocarbonyl (C=S) groups is 1. The van der Waals surface area contributed by atoms with Gasteiger partial charge in [-0.25, -0.2) is 9.78 Å². The predicted molar refractivity (Wildman–Crippen MR) is 121 cm³/mol. The van der Waals surface area contributed by atoms with Crippen molar-refractivity contribution in [1.82, 2.24) is 10.3 Å². The van der Waals surface area contributed by atoms with E-state index < -0.39 is 11.7 Å². The zero-order valence-electron chi connectivity index (χ0n) is 17.2. The van der Waals surface area contributed by atoms with Crippen LogP contribution in [0.15, 0.2) is 41.5 Å². The molecule has 1 aliphatic carbocycles. The average molecular weight is 446 g/mol. The van der Waals surface area contributed by atoms with E-state index in [4.69, 9.17) is 21.1 Å². The van der Waals surface area contributed by atoms with E-state index in [-0.39, 0.29) is 5.41 Å². The van der Waals surface area contributed by atoms with Crippen molar-refractivity contribution in [1.29, 1.82) is 0 Å². The monoisotopic (exact) mass is 445 g/mol. The van der Waals surface area contributed by atoms with Crippen LogP contribution in [0.3, 0.4) is 0 Å². The fraction of sp³-hybridized carbons (Fsp3) is 0.409. The summed E-state index contributed by atoms with van der Waals surface area (Å²) in [6.45, 7) is 6.51. The smallest absolute Gasteiger partial charge is 0.407 e. The number of hydrogen-bond acceptors (Lipinski definition) is 6.